The number of H-pyrrole nitrogens is 1. The summed E-state index contributed by atoms with van der Waals surface area (Å²) in [6, 6.07) is 11.4. The minimum absolute atomic E-state index is 0. The van der Waals surface area contributed by atoms with Crippen molar-refractivity contribution in [1.82, 2.24) is 20.0 Å². The van der Waals surface area contributed by atoms with E-state index in [4.69, 9.17) is 21.1 Å². The van der Waals surface area contributed by atoms with Crippen molar-refractivity contribution in [2.75, 3.05) is 13.7 Å². The van der Waals surface area contributed by atoms with Gasteiger partial charge in [0, 0.05) is 10.9 Å². The maximum Gasteiger partial charge on any atom is 1.00 e. The molecular weight excluding hydrogens is 447 g/mol. The van der Waals surface area contributed by atoms with E-state index in [0.717, 1.165) is 39.1 Å². The zero-order valence-corrected chi connectivity index (χ0v) is 20.6. The summed E-state index contributed by atoms with van der Waals surface area (Å²) >= 11 is 6.19. The van der Waals surface area contributed by atoms with Crippen molar-refractivity contribution in [3.8, 4) is 22.6 Å². The minimum atomic E-state index is -0.320. The summed E-state index contributed by atoms with van der Waals surface area (Å²) in [5, 5.41) is 12.5. The molecule has 7 nitrogen and oxygen atoms in total. The van der Waals surface area contributed by atoms with Crippen LogP contribution in [-0.2, 0) is 13.0 Å². The predicted molar refractivity (Wildman–Crippen MR) is 131 cm³/mol. The Morgan fingerprint density at radius 3 is 2.76 bits per heavy atom. The molecule has 174 valence electrons. The Bertz CT molecular complexity index is 1300. The van der Waals surface area contributed by atoms with Crippen LogP contribution < -0.4 is 28.3 Å². The number of aromatic amines is 1. The predicted octanol–water partition coefficient (Wildman–Crippen LogP) is 2.26. The molecule has 2 aromatic carbocycles. The summed E-state index contributed by atoms with van der Waals surface area (Å²) in [7, 11) is 1.62. The molecule has 0 aliphatic carbocycles. The summed E-state index contributed by atoms with van der Waals surface area (Å²) in [6.07, 6.45) is 2.25. The second-order valence-corrected chi connectivity index (χ2v) is 7.83. The summed E-state index contributed by atoms with van der Waals surface area (Å²) in [4.78, 5) is 13.4. The van der Waals surface area contributed by atoms with E-state index < -0.39 is 0 Å². The van der Waals surface area contributed by atoms with Crippen LogP contribution in [0.5, 0.6) is 11.5 Å². The number of carbonyl (C=O) groups excluding carboxylic acids is 1. The first kappa shape index (κ1) is 27.5. The Morgan fingerprint density at radius 1 is 1.29 bits per heavy atom. The fraction of sp³-hybridized carbons (Fsp3) is 0.200. The number of nitrogens with zero attached hydrogens (tertiary/aromatic N) is 3. The molecule has 9 heteroatoms. The molecule has 0 saturated heterocycles. The SMILES string of the molecule is [CH2-]Cn1nc(C(=O)C2COc3ccc(OC)cc3C2)c2ccc(-c3cn[nH]c3Cl)cc21.[CH3-].[CH3-].[Li+]. The first-order valence-corrected chi connectivity index (χ1v) is 10.3. The van der Waals surface area contributed by atoms with Gasteiger partial charge in [-0.25, -0.2) is 0 Å². The van der Waals surface area contributed by atoms with Crippen molar-refractivity contribution in [3.63, 3.8) is 0 Å². The Balaban J connectivity index is 0.00000136. The van der Waals surface area contributed by atoms with Crippen molar-refractivity contribution in [2.45, 2.75) is 13.0 Å². The zero-order chi connectivity index (χ0) is 21.5. The molecule has 3 heterocycles. The van der Waals surface area contributed by atoms with Gasteiger partial charge in [-0.15, -0.1) is 0 Å². The molecule has 1 aliphatic rings. The summed E-state index contributed by atoms with van der Waals surface area (Å²) in [6.45, 7) is 4.67. The van der Waals surface area contributed by atoms with Gasteiger partial charge in [-0.3, -0.25) is 14.6 Å². The number of ether oxygens (including phenoxy) is 2. The Kier molecular flexibility index (Phi) is 9.01. The summed E-state index contributed by atoms with van der Waals surface area (Å²) in [5.74, 6) is 1.17. The van der Waals surface area contributed by atoms with Gasteiger partial charge in [0.15, 0.2) is 5.78 Å². The number of ketones is 1. The second-order valence-electron chi connectivity index (χ2n) is 7.45. The molecule has 1 N–H and O–H groups in total. The van der Waals surface area contributed by atoms with Crippen LogP contribution in [0.15, 0.2) is 42.6 Å². The first-order chi connectivity index (χ1) is 15.1. The average molecular weight is 473 g/mol. The number of methoxy groups -OCH3 is 1. The van der Waals surface area contributed by atoms with E-state index in [9.17, 15) is 4.79 Å². The van der Waals surface area contributed by atoms with Crippen LogP contribution >= 0.6 is 11.6 Å². The topological polar surface area (TPSA) is 82.0 Å². The van der Waals surface area contributed by atoms with Gasteiger partial charge in [-0.05, 0) is 47.9 Å². The van der Waals surface area contributed by atoms with Gasteiger partial charge in [-0.2, -0.15) is 10.2 Å². The van der Waals surface area contributed by atoms with Crippen molar-refractivity contribution in [1.29, 1.82) is 0 Å². The van der Waals surface area contributed by atoms with Gasteiger partial charge in [0.25, 0.3) is 0 Å². The van der Waals surface area contributed by atoms with Crippen LogP contribution in [0.3, 0.4) is 0 Å². The van der Waals surface area contributed by atoms with Gasteiger partial charge < -0.3 is 31.3 Å². The number of aromatic nitrogens is 4. The monoisotopic (exact) mass is 472 g/mol. The van der Waals surface area contributed by atoms with E-state index in [0.29, 0.717) is 30.4 Å². The second kappa shape index (κ2) is 11.1. The third-order valence-corrected chi connectivity index (χ3v) is 5.93. The standard InChI is InChI=1S/C23H20ClN4O3.2CH3.Li/c1-3-28-19-10-13(18-11-25-26-23(18)24)4-6-17(19)21(27-28)22(29)15-8-14-9-16(30-2)5-7-20(14)31-12-15;;;/h4-7,9-11,15H,1,3,8,12H2,2H3,(H,25,26);2*1H3;/q3*-1;+1. The van der Waals surface area contributed by atoms with Crippen LogP contribution in [0.2, 0.25) is 5.15 Å². The smallest absolute Gasteiger partial charge is 0.497 e. The molecule has 1 unspecified atom stereocenters. The first-order valence-electron chi connectivity index (χ1n) is 9.92. The molecule has 0 amide bonds. The van der Waals surface area contributed by atoms with Gasteiger partial charge in [-0.1, -0.05) is 24.2 Å². The third kappa shape index (κ3) is 4.74. The van der Waals surface area contributed by atoms with Gasteiger partial charge in [0.1, 0.15) is 22.3 Å². The quantitative estimate of drug-likeness (QED) is 0.274. The number of fused-ring (bicyclic) bond motifs is 2. The van der Waals surface area contributed by atoms with E-state index in [2.05, 4.69) is 22.2 Å². The summed E-state index contributed by atoms with van der Waals surface area (Å²) in [5.41, 5.74) is 3.90. The average Bonchev–Trinajstić information content (AvgIpc) is 3.40. The molecule has 0 bridgehead atoms. The van der Waals surface area contributed by atoms with Crippen LogP contribution in [0.4, 0.5) is 0 Å². The van der Waals surface area contributed by atoms with E-state index in [1.807, 2.05) is 36.4 Å². The number of halogens is 1. The Morgan fingerprint density at radius 2 is 2.09 bits per heavy atom. The largest absolute Gasteiger partial charge is 1.00 e. The van der Waals surface area contributed by atoms with Gasteiger partial charge in [0.05, 0.1) is 31.3 Å². The number of hydrogen-bond donors (Lipinski definition) is 1. The number of Topliss-reactive ketones (excluding diaryl/α,β-unsaturated/α-hetero) is 1. The number of nitrogens with one attached hydrogen (secondary N) is 1. The van der Waals surface area contributed by atoms with Crippen molar-refractivity contribution in [2.24, 2.45) is 5.92 Å². The fourth-order valence-corrected chi connectivity index (χ4v) is 4.23. The molecule has 4 aromatic rings. The zero-order valence-electron chi connectivity index (χ0n) is 19.9. The van der Waals surface area contributed by atoms with E-state index in [1.54, 1.807) is 18.0 Å². The molecule has 5 rings (SSSR count). The van der Waals surface area contributed by atoms with E-state index in [-0.39, 0.29) is 45.4 Å². The van der Waals surface area contributed by atoms with Crippen LogP contribution in [0, 0.1) is 27.7 Å². The van der Waals surface area contributed by atoms with Crippen LogP contribution in [-0.4, -0.2) is 39.5 Å². The Hall–Kier alpha value is -2.72. The number of hydrogen-bond acceptors (Lipinski definition) is 5. The van der Waals surface area contributed by atoms with E-state index >= 15 is 0 Å². The molecule has 0 saturated carbocycles. The normalized spacial score (nSPS) is 14.1. The number of carbonyl (C=O) groups is 1. The van der Waals surface area contributed by atoms with Crippen molar-refractivity contribution >= 4 is 28.3 Å². The van der Waals surface area contributed by atoms with Crippen LogP contribution in [0.25, 0.3) is 22.0 Å². The molecule has 2 aromatic heterocycles. The van der Waals surface area contributed by atoms with Crippen molar-refractivity contribution in [3.05, 3.63) is 80.8 Å². The Labute approximate surface area is 217 Å². The minimum Gasteiger partial charge on any atom is -0.497 e. The molecule has 0 spiro atoms. The molecule has 34 heavy (non-hydrogen) atoms. The molecule has 0 fully saturated rings. The van der Waals surface area contributed by atoms with Gasteiger partial charge >= 0.3 is 18.9 Å². The van der Waals surface area contributed by atoms with Crippen LogP contribution in [0.1, 0.15) is 16.1 Å². The maximum absolute atomic E-state index is 13.4. The third-order valence-electron chi connectivity index (χ3n) is 5.65. The molecule has 1 aliphatic heterocycles. The number of rotatable bonds is 5. The maximum atomic E-state index is 13.4. The molecule has 1 atom stereocenters. The van der Waals surface area contributed by atoms with E-state index in [1.165, 1.54) is 0 Å². The van der Waals surface area contributed by atoms with Gasteiger partial charge in [0.2, 0.25) is 0 Å². The summed E-state index contributed by atoms with van der Waals surface area (Å²) < 4.78 is 12.9. The molecule has 0 radical (unpaired) electrons. The fourth-order valence-electron chi connectivity index (χ4n) is 4.03. The molecular formula is C25H26ClLiN4O3-2. The van der Waals surface area contributed by atoms with Crippen molar-refractivity contribution < 1.29 is 33.1 Å². The number of benzene rings is 2.